The third kappa shape index (κ3) is 7.91. The van der Waals surface area contributed by atoms with Crippen molar-refractivity contribution in [2.75, 3.05) is 0 Å². The Hall–Kier alpha value is -2.84. The second-order valence-electron chi connectivity index (χ2n) is 7.91. The van der Waals surface area contributed by atoms with Gasteiger partial charge in [-0.1, -0.05) is 62.2 Å². The summed E-state index contributed by atoms with van der Waals surface area (Å²) < 4.78 is 0. The smallest absolute Gasteiger partial charge is 0.408 e. The summed E-state index contributed by atoms with van der Waals surface area (Å²) in [6.07, 6.45) is 2.33. The van der Waals surface area contributed by atoms with Crippen molar-refractivity contribution < 1.29 is 14.7 Å². The number of rotatable bonds is 12. The number of carbonyl (C=O) groups excluding carboxylic acids is 1. The molecule has 3 rings (SSSR count). The highest BCUT2D eigenvalue weighted by Gasteiger charge is 2.29. The molecular weight excluding hydrogens is 454 g/mol. The van der Waals surface area contributed by atoms with E-state index >= 15 is 0 Å². The molecular formula is C25H31N3O3S2. The first-order valence-electron chi connectivity index (χ1n) is 11.2. The van der Waals surface area contributed by atoms with Crippen LogP contribution in [-0.2, 0) is 13.1 Å². The van der Waals surface area contributed by atoms with Gasteiger partial charge in [0, 0.05) is 22.3 Å². The Morgan fingerprint density at radius 1 is 1.03 bits per heavy atom. The molecule has 33 heavy (non-hydrogen) atoms. The number of urea groups is 1. The van der Waals surface area contributed by atoms with Crippen LogP contribution in [-0.4, -0.2) is 28.2 Å². The maximum Gasteiger partial charge on any atom is 0.408 e. The second-order valence-corrected chi connectivity index (χ2v) is 9.92. The van der Waals surface area contributed by atoms with E-state index in [-0.39, 0.29) is 18.1 Å². The number of nitrogens with zero attached hydrogens (tertiary/aromatic N) is 1. The van der Waals surface area contributed by atoms with E-state index in [9.17, 15) is 14.7 Å². The van der Waals surface area contributed by atoms with Crippen LogP contribution in [0.5, 0.6) is 0 Å². The van der Waals surface area contributed by atoms with Crippen LogP contribution in [0.25, 0.3) is 0 Å². The van der Waals surface area contributed by atoms with E-state index in [4.69, 9.17) is 0 Å². The van der Waals surface area contributed by atoms with Crippen LogP contribution < -0.4 is 10.6 Å². The molecule has 0 saturated carbocycles. The van der Waals surface area contributed by atoms with E-state index in [0.717, 1.165) is 34.6 Å². The number of carbonyl (C=O) groups is 2. The molecule has 2 aromatic heterocycles. The van der Waals surface area contributed by atoms with Crippen molar-refractivity contribution in [3.63, 3.8) is 0 Å². The fourth-order valence-electron chi connectivity index (χ4n) is 3.74. The van der Waals surface area contributed by atoms with Crippen molar-refractivity contribution in [2.45, 2.75) is 57.8 Å². The molecule has 0 spiro atoms. The highest BCUT2D eigenvalue weighted by atomic mass is 32.1. The van der Waals surface area contributed by atoms with E-state index in [0.29, 0.717) is 19.5 Å². The molecule has 3 N–H and O–H groups in total. The normalized spacial score (nSPS) is 12.6. The minimum atomic E-state index is -0.954. The Bertz CT molecular complexity index is 962. The molecule has 2 heterocycles. The van der Waals surface area contributed by atoms with Crippen LogP contribution in [0.1, 0.15) is 54.0 Å². The standard InChI is InChI=1S/C25H31N3O3S2/c1-2-3-11-20(27-24(29)26-17-19-9-5-4-6-10-19)16-22(23-13-8-15-33-23)28(25(30)31)18-21-12-7-14-32-21/h4-10,12-15,20,22H,2-3,11,16-18H2,1H3,(H,30,31)(H2,26,27,29)/t20-,22?/m0/s1. The number of hydrogen-bond donors (Lipinski definition) is 3. The van der Waals surface area contributed by atoms with Crippen molar-refractivity contribution in [1.29, 1.82) is 0 Å². The maximum absolute atomic E-state index is 12.7. The van der Waals surface area contributed by atoms with E-state index in [1.165, 1.54) is 4.90 Å². The highest BCUT2D eigenvalue weighted by molar-refractivity contribution is 7.10. The van der Waals surface area contributed by atoms with Crippen LogP contribution in [0.15, 0.2) is 65.4 Å². The van der Waals surface area contributed by atoms with E-state index in [2.05, 4.69) is 17.6 Å². The second kappa shape index (κ2) is 13.0. The Kier molecular flexibility index (Phi) is 9.77. The first-order valence-corrected chi connectivity index (χ1v) is 13.0. The Labute approximate surface area is 203 Å². The van der Waals surface area contributed by atoms with Crippen LogP contribution in [0.4, 0.5) is 9.59 Å². The molecule has 0 fully saturated rings. The van der Waals surface area contributed by atoms with Gasteiger partial charge in [-0.15, -0.1) is 22.7 Å². The zero-order chi connectivity index (χ0) is 23.5. The van der Waals surface area contributed by atoms with Gasteiger partial charge in [0.1, 0.15) is 0 Å². The zero-order valence-electron chi connectivity index (χ0n) is 18.8. The molecule has 176 valence electrons. The molecule has 1 unspecified atom stereocenters. The molecule has 0 aliphatic rings. The van der Waals surface area contributed by atoms with Crippen LogP contribution >= 0.6 is 22.7 Å². The summed E-state index contributed by atoms with van der Waals surface area (Å²) >= 11 is 3.10. The molecule has 3 amide bonds. The molecule has 1 aromatic carbocycles. The summed E-state index contributed by atoms with van der Waals surface area (Å²) in [5.74, 6) is 0. The Morgan fingerprint density at radius 3 is 2.42 bits per heavy atom. The maximum atomic E-state index is 12.7. The molecule has 0 radical (unpaired) electrons. The van der Waals surface area contributed by atoms with Crippen LogP contribution in [0.3, 0.4) is 0 Å². The van der Waals surface area contributed by atoms with Gasteiger partial charge in [0.2, 0.25) is 0 Å². The fourth-order valence-corrected chi connectivity index (χ4v) is 5.30. The van der Waals surface area contributed by atoms with Gasteiger partial charge >= 0.3 is 12.1 Å². The van der Waals surface area contributed by atoms with Gasteiger partial charge < -0.3 is 15.7 Å². The third-order valence-corrected chi connectivity index (χ3v) is 7.28. The molecule has 8 heteroatoms. The van der Waals surface area contributed by atoms with E-state index < -0.39 is 6.09 Å². The quantitative estimate of drug-likeness (QED) is 0.275. The summed E-state index contributed by atoms with van der Waals surface area (Å²) in [5, 5.41) is 20.0. The third-order valence-electron chi connectivity index (χ3n) is 5.44. The van der Waals surface area contributed by atoms with Crippen molar-refractivity contribution in [3.8, 4) is 0 Å². The summed E-state index contributed by atoms with van der Waals surface area (Å²) in [6.45, 7) is 2.89. The van der Waals surface area contributed by atoms with E-state index in [1.807, 2.05) is 65.4 Å². The van der Waals surface area contributed by atoms with Crippen molar-refractivity contribution in [2.24, 2.45) is 0 Å². The van der Waals surface area contributed by atoms with Gasteiger partial charge in [0.15, 0.2) is 0 Å². The lowest BCUT2D eigenvalue weighted by molar-refractivity contribution is 0.114. The summed E-state index contributed by atoms with van der Waals surface area (Å²) in [6, 6.07) is 16.9. The average Bonchev–Trinajstić information content (AvgIpc) is 3.53. The van der Waals surface area contributed by atoms with Crippen LogP contribution in [0, 0.1) is 0 Å². The van der Waals surface area contributed by atoms with Gasteiger partial charge in [-0.3, -0.25) is 4.90 Å². The largest absolute Gasteiger partial charge is 0.465 e. The molecule has 0 saturated heterocycles. The molecule has 0 bridgehead atoms. The number of nitrogens with one attached hydrogen (secondary N) is 2. The predicted molar refractivity (Wildman–Crippen MR) is 135 cm³/mol. The number of amides is 3. The summed E-state index contributed by atoms with van der Waals surface area (Å²) in [7, 11) is 0. The monoisotopic (exact) mass is 485 g/mol. The first kappa shape index (κ1) is 24.8. The van der Waals surface area contributed by atoms with Crippen molar-refractivity contribution >= 4 is 34.8 Å². The summed E-state index contributed by atoms with van der Waals surface area (Å²) in [4.78, 5) is 28.4. The van der Waals surface area contributed by atoms with Gasteiger partial charge in [-0.25, -0.2) is 9.59 Å². The zero-order valence-corrected chi connectivity index (χ0v) is 20.4. The van der Waals surface area contributed by atoms with E-state index in [1.54, 1.807) is 22.7 Å². The predicted octanol–water partition coefficient (Wildman–Crippen LogP) is 6.48. The fraction of sp³-hybridized carbons (Fsp3) is 0.360. The first-order chi connectivity index (χ1) is 16.1. The molecule has 0 aliphatic heterocycles. The molecule has 0 aliphatic carbocycles. The Balaban J connectivity index is 1.72. The van der Waals surface area contributed by atoms with Gasteiger partial charge in [0.05, 0.1) is 12.6 Å². The SMILES string of the molecule is CCCC[C@@H](CC(c1cccs1)N(Cc1cccs1)C(=O)O)NC(=O)NCc1ccccc1. The van der Waals surface area contributed by atoms with Gasteiger partial charge in [0.25, 0.3) is 0 Å². The number of thiophene rings is 2. The number of hydrogen-bond acceptors (Lipinski definition) is 4. The molecule has 6 nitrogen and oxygen atoms in total. The topological polar surface area (TPSA) is 81.7 Å². The molecule has 2 atom stereocenters. The van der Waals surface area contributed by atoms with Crippen molar-refractivity contribution in [1.82, 2.24) is 15.5 Å². The lowest BCUT2D eigenvalue weighted by atomic mass is 9.99. The lowest BCUT2D eigenvalue weighted by Crippen LogP contribution is -2.44. The number of benzene rings is 1. The Morgan fingerprint density at radius 2 is 1.79 bits per heavy atom. The van der Waals surface area contributed by atoms with Gasteiger partial charge in [-0.05, 0) is 41.3 Å². The lowest BCUT2D eigenvalue weighted by Gasteiger charge is -2.32. The summed E-state index contributed by atoms with van der Waals surface area (Å²) in [5.41, 5.74) is 1.03. The van der Waals surface area contributed by atoms with Gasteiger partial charge in [-0.2, -0.15) is 0 Å². The van der Waals surface area contributed by atoms with Crippen molar-refractivity contribution in [3.05, 3.63) is 80.7 Å². The highest BCUT2D eigenvalue weighted by Crippen LogP contribution is 2.32. The number of carboxylic acid groups (broad SMARTS) is 1. The van der Waals surface area contributed by atoms with Crippen LogP contribution in [0.2, 0.25) is 0 Å². The minimum absolute atomic E-state index is 0.141. The average molecular weight is 486 g/mol. The number of unbranched alkanes of at least 4 members (excludes halogenated alkanes) is 1. The minimum Gasteiger partial charge on any atom is -0.465 e. The molecule has 3 aromatic rings.